The van der Waals surface area contributed by atoms with Gasteiger partial charge in [-0.15, -0.1) is 11.8 Å². The largest absolute Gasteiger partial charge is 0.490 e. The Kier molecular flexibility index (Phi) is 7.64. The third-order valence-corrected chi connectivity index (χ3v) is 5.85. The Morgan fingerprint density at radius 2 is 1.93 bits per heavy atom. The number of aromatic nitrogens is 1. The van der Waals surface area contributed by atoms with E-state index >= 15 is 0 Å². The molecule has 0 aliphatic carbocycles. The molecule has 3 heterocycles. The SMILES string of the molecule is O=C(CCF)N1CC2(CC(OCc3ccncc3)CS2)C1.O=C(O)C(F)(F)F. The molecule has 1 amide bonds. The molecule has 2 saturated heterocycles. The number of rotatable bonds is 5. The second-order valence-corrected chi connectivity index (χ2v) is 7.97. The van der Waals surface area contributed by atoms with Crippen LogP contribution in [0.25, 0.3) is 0 Å². The second kappa shape index (κ2) is 9.55. The molecule has 2 fully saturated rings. The van der Waals surface area contributed by atoms with Gasteiger partial charge < -0.3 is 14.7 Å². The zero-order chi connectivity index (χ0) is 20.8. The number of carbonyl (C=O) groups is 2. The van der Waals surface area contributed by atoms with Crippen LogP contribution in [0.4, 0.5) is 17.6 Å². The van der Waals surface area contributed by atoms with Crippen molar-refractivity contribution in [3.8, 4) is 0 Å². The number of hydrogen-bond donors (Lipinski definition) is 1. The van der Waals surface area contributed by atoms with Gasteiger partial charge in [-0.3, -0.25) is 14.2 Å². The number of ether oxygens (including phenoxy) is 1. The number of halogens is 4. The van der Waals surface area contributed by atoms with Crippen LogP contribution in [0.15, 0.2) is 24.5 Å². The second-order valence-electron chi connectivity index (χ2n) is 6.48. The molecule has 1 spiro atoms. The van der Waals surface area contributed by atoms with Crippen LogP contribution in [-0.4, -0.2) is 69.4 Å². The Morgan fingerprint density at radius 1 is 1.32 bits per heavy atom. The van der Waals surface area contributed by atoms with Crippen molar-refractivity contribution < 1.29 is 37.0 Å². The maximum Gasteiger partial charge on any atom is 0.490 e. The topological polar surface area (TPSA) is 79.7 Å². The molecular weight excluding hydrogens is 404 g/mol. The number of pyridine rings is 1. The number of hydrogen-bond acceptors (Lipinski definition) is 5. The molecule has 28 heavy (non-hydrogen) atoms. The molecule has 0 saturated carbocycles. The summed E-state index contributed by atoms with van der Waals surface area (Å²) in [5.41, 5.74) is 1.13. The number of carboxylic acids is 1. The van der Waals surface area contributed by atoms with Crippen molar-refractivity contribution in [1.29, 1.82) is 0 Å². The highest BCUT2D eigenvalue weighted by Crippen LogP contribution is 2.46. The van der Waals surface area contributed by atoms with Gasteiger partial charge in [-0.1, -0.05) is 0 Å². The highest BCUT2D eigenvalue weighted by molar-refractivity contribution is 8.01. The molecule has 2 aliphatic heterocycles. The Labute approximate surface area is 163 Å². The van der Waals surface area contributed by atoms with Crippen molar-refractivity contribution in [2.45, 2.75) is 36.5 Å². The summed E-state index contributed by atoms with van der Waals surface area (Å²) >= 11 is 1.89. The van der Waals surface area contributed by atoms with Crippen molar-refractivity contribution in [2.75, 3.05) is 25.5 Å². The first-order chi connectivity index (χ1) is 13.1. The average Bonchev–Trinajstić information content (AvgIpc) is 3.04. The third kappa shape index (κ3) is 6.33. The minimum atomic E-state index is -5.08. The van der Waals surface area contributed by atoms with Crippen LogP contribution in [0.3, 0.4) is 0 Å². The van der Waals surface area contributed by atoms with E-state index in [-0.39, 0.29) is 23.2 Å². The van der Waals surface area contributed by atoms with Crippen LogP contribution < -0.4 is 0 Å². The summed E-state index contributed by atoms with van der Waals surface area (Å²) in [5.74, 6) is -1.85. The molecule has 1 unspecified atom stereocenters. The standard InChI is InChI=1S/C15H19FN2O2S.C2HF3O2/c16-4-1-14(19)18-10-15(11-18)7-13(9-21-15)20-8-12-2-5-17-6-3-12;3-2(4,5)1(6)7/h2-3,5-6,13H,1,4,7-11H2;(H,6,7). The lowest BCUT2D eigenvalue weighted by molar-refractivity contribution is -0.192. The highest BCUT2D eigenvalue weighted by atomic mass is 32.2. The average molecular weight is 424 g/mol. The van der Waals surface area contributed by atoms with E-state index in [1.54, 1.807) is 17.3 Å². The quantitative estimate of drug-likeness (QED) is 0.733. The first-order valence-corrected chi connectivity index (χ1v) is 9.42. The minimum Gasteiger partial charge on any atom is -0.475 e. The summed E-state index contributed by atoms with van der Waals surface area (Å²) in [5, 5.41) is 7.12. The molecule has 0 radical (unpaired) electrons. The van der Waals surface area contributed by atoms with Crippen LogP contribution in [0.1, 0.15) is 18.4 Å². The number of carbonyl (C=O) groups excluding carboxylic acids is 1. The van der Waals surface area contributed by atoms with Gasteiger partial charge in [0.25, 0.3) is 0 Å². The van der Waals surface area contributed by atoms with E-state index in [9.17, 15) is 22.4 Å². The fourth-order valence-electron chi connectivity index (χ4n) is 2.89. The lowest BCUT2D eigenvalue weighted by atomic mass is 9.92. The predicted molar refractivity (Wildman–Crippen MR) is 93.5 cm³/mol. The van der Waals surface area contributed by atoms with Crippen molar-refractivity contribution in [3.05, 3.63) is 30.1 Å². The van der Waals surface area contributed by atoms with Crippen molar-refractivity contribution in [2.24, 2.45) is 0 Å². The molecule has 1 N–H and O–H groups in total. The Morgan fingerprint density at radius 3 is 2.46 bits per heavy atom. The van der Waals surface area contributed by atoms with Crippen LogP contribution in [0, 0.1) is 0 Å². The molecule has 11 heteroatoms. The number of carboxylic acid groups (broad SMARTS) is 1. The van der Waals surface area contributed by atoms with Gasteiger partial charge in [0.2, 0.25) is 5.91 Å². The zero-order valence-electron chi connectivity index (χ0n) is 14.8. The van der Waals surface area contributed by atoms with E-state index in [1.165, 1.54) is 0 Å². The lowest BCUT2D eigenvalue weighted by Gasteiger charge is -2.47. The smallest absolute Gasteiger partial charge is 0.475 e. The van der Waals surface area contributed by atoms with Gasteiger partial charge in [-0.05, 0) is 24.1 Å². The van der Waals surface area contributed by atoms with Crippen LogP contribution in [-0.2, 0) is 20.9 Å². The van der Waals surface area contributed by atoms with Gasteiger partial charge in [0, 0.05) is 31.2 Å². The van der Waals surface area contributed by atoms with E-state index in [0.29, 0.717) is 6.61 Å². The summed E-state index contributed by atoms with van der Waals surface area (Å²) in [6.45, 7) is 1.53. The van der Waals surface area contributed by atoms with Gasteiger partial charge in [0.1, 0.15) is 0 Å². The van der Waals surface area contributed by atoms with Gasteiger partial charge in [0.15, 0.2) is 0 Å². The molecule has 1 atom stereocenters. The molecular formula is C17H20F4N2O4S. The number of nitrogens with zero attached hydrogens (tertiary/aromatic N) is 2. The number of aliphatic carboxylic acids is 1. The van der Waals surface area contributed by atoms with E-state index in [2.05, 4.69) is 4.98 Å². The first-order valence-electron chi connectivity index (χ1n) is 8.43. The van der Waals surface area contributed by atoms with Crippen LogP contribution >= 0.6 is 11.8 Å². The molecule has 3 rings (SSSR count). The Bertz CT molecular complexity index is 669. The molecule has 1 aromatic heterocycles. The van der Waals surface area contributed by atoms with Gasteiger partial charge in [-0.25, -0.2) is 4.79 Å². The summed E-state index contributed by atoms with van der Waals surface area (Å²) in [6, 6.07) is 3.91. The zero-order valence-corrected chi connectivity index (χ0v) is 15.6. The van der Waals surface area contributed by atoms with E-state index in [4.69, 9.17) is 14.6 Å². The van der Waals surface area contributed by atoms with Crippen LogP contribution in [0.5, 0.6) is 0 Å². The van der Waals surface area contributed by atoms with Crippen molar-refractivity contribution >= 4 is 23.6 Å². The molecule has 6 nitrogen and oxygen atoms in total. The number of amides is 1. The first kappa shape index (κ1) is 22.4. The Hall–Kier alpha value is -1.88. The highest BCUT2D eigenvalue weighted by Gasteiger charge is 2.50. The van der Waals surface area contributed by atoms with Crippen molar-refractivity contribution in [3.63, 3.8) is 0 Å². The van der Waals surface area contributed by atoms with Gasteiger partial charge >= 0.3 is 12.1 Å². The fourth-order valence-corrected chi connectivity index (χ4v) is 4.44. The molecule has 0 aromatic carbocycles. The maximum atomic E-state index is 12.2. The summed E-state index contributed by atoms with van der Waals surface area (Å²) in [4.78, 5) is 26.2. The monoisotopic (exact) mass is 424 g/mol. The van der Waals surface area contributed by atoms with Gasteiger partial charge in [0.05, 0.1) is 30.6 Å². The van der Waals surface area contributed by atoms with E-state index in [1.807, 2.05) is 23.9 Å². The van der Waals surface area contributed by atoms with Gasteiger partial charge in [-0.2, -0.15) is 13.2 Å². The third-order valence-electron chi connectivity index (χ3n) is 4.27. The van der Waals surface area contributed by atoms with E-state index in [0.717, 1.165) is 30.8 Å². The van der Waals surface area contributed by atoms with Crippen LogP contribution in [0.2, 0.25) is 0 Å². The van der Waals surface area contributed by atoms with E-state index < -0.39 is 18.8 Å². The molecule has 1 aromatic rings. The lowest BCUT2D eigenvalue weighted by Crippen LogP contribution is -2.60. The number of likely N-dealkylation sites (tertiary alicyclic amines) is 1. The Balaban J connectivity index is 0.000000345. The minimum absolute atomic E-state index is 0.0166. The number of alkyl halides is 4. The maximum absolute atomic E-state index is 12.2. The number of thioether (sulfide) groups is 1. The summed E-state index contributed by atoms with van der Waals surface area (Å²) < 4.78 is 50.0. The molecule has 156 valence electrons. The summed E-state index contributed by atoms with van der Waals surface area (Å²) in [6.07, 6.45) is -0.319. The molecule has 2 aliphatic rings. The summed E-state index contributed by atoms with van der Waals surface area (Å²) in [7, 11) is 0. The van der Waals surface area contributed by atoms with Crippen molar-refractivity contribution in [1.82, 2.24) is 9.88 Å². The normalized spacial score (nSPS) is 20.3. The fraction of sp³-hybridized carbons (Fsp3) is 0.588. The predicted octanol–water partition coefficient (Wildman–Crippen LogP) is 2.68. The molecule has 0 bridgehead atoms.